The number of rotatable bonds is 9. The smallest absolute Gasteiger partial charge is 0.241 e. The van der Waals surface area contributed by atoms with Crippen LogP contribution in [0.4, 0.5) is 0 Å². The van der Waals surface area contributed by atoms with Crippen LogP contribution in [0.5, 0.6) is 5.75 Å². The van der Waals surface area contributed by atoms with Crippen LogP contribution in [0.25, 0.3) is 11.5 Å². The van der Waals surface area contributed by atoms with Gasteiger partial charge in [-0.1, -0.05) is 29.8 Å². The molecule has 0 unspecified atom stereocenters. The van der Waals surface area contributed by atoms with Crippen LogP contribution in [0.2, 0.25) is 0 Å². The van der Waals surface area contributed by atoms with Gasteiger partial charge in [0.1, 0.15) is 17.7 Å². The van der Waals surface area contributed by atoms with E-state index >= 15 is 0 Å². The molecule has 0 fully saturated rings. The summed E-state index contributed by atoms with van der Waals surface area (Å²) >= 11 is 0. The second kappa shape index (κ2) is 11.7. The first-order valence-corrected chi connectivity index (χ1v) is 10.8. The second-order valence-electron chi connectivity index (χ2n) is 7.84. The zero-order chi connectivity index (χ0) is 23.6. The Kier molecular flexibility index (Phi) is 8.46. The molecule has 0 bridgehead atoms. The fourth-order valence-electron chi connectivity index (χ4n) is 2.98. The summed E-state index contributed by atoms with van der Waals surface area (Å²) in [6.07, 6.45) is 2.41. The normalized spacial score (nSPS) is 11.2. The zero-order valence-electron chi connectivity index (χ0n) is 19.6. The molecule has 0 saturated carbocycles. The summed E-state index contributed by atoms with van der Waals surface area (Å²) in [7, 11) is 5.10. The number of nitrogens with zero attached hydrogens (tertiary/aromatic N) is 3. The van der Waals surface area contributed by atoms with Crippen molar-refractivity contribution < 1.29 is 13.9 Å². The summed E-state index contributed by atoms with van der Waals surface area (Å²) in [6.45, 7) is 3.16. The van der Waals surface area contributed by atoms with Crippen LogP contribution in [0.15, 0.2) is 64.2 Å². The van der Waals surface area contributed by atoms with Crippen molar-refractivity contribution in [3.63, 3.8) is 0 Å². The van der Waals surface area contributed by atoms with Crippen molar-refractivity contribution in [3.05, 3.63) is 71.6 Å². The highest BCUT2D eigenvalue weighted by Crippen LogP contribution is 2.19. The molecule has 0 atom stereocenters. The largest absolute Gasteiger partial charge is 0.497 e. The molecule has 8 nitrogen and oxygen atoms in total. The first-order valence-electron chi connectivity index (χ1n) is 10.8. The van der Waals surface area contributed by atoms with Gasteiger partial charge in [0, 0.05) is 26.2 Å². The van der Waals surface area contributed by atoms with Crippen LogP contribution >= 0.6 is 0 Å². The van der Waals surface area contributed by atoms with Crippen LogP contribution < -0.4 is 15.4 Å². The molecule has 0 spiro atoms. The standard InChI is InChI=1S/C25H31N5O3/c1-18-5-9-20(10-6-18)24-29-21(17-33-24)15-27-25(28-16-23(31)30(2)3)26-14-13-19-7-11-22(32-4)12-8-19/h5-12,17H,13-16H2,1-4H3,(H2,26,27,28). The Morgan fingerprint density at radius 1 is 1.09 bits per heavy atom. The van der Waals surface area contributed by atoms with Gasteiger partial charge in [0.2, 0.25) is 11.8 Å². The number of methoxy groups -OCH3 is 1. The number of nitrogens with one attached hydrogen (secondary N) is 2. The van der Waals surface area contributed by atoms with E-state index in [9.17, 15) is 4.79 Å². The third-order valence-electron chi connectivity index (χ3n) is 5.02. The number of oxazole rings is 1. The van der Waals surface area contributed by atoms with Gasteiger partial charge in [0.25, 0.3) is 0 Å². The molecule has 3 rings (SSSR count). The van der Waals surface area contributed by atoms with E-state index in [-0.39, 0.29) is 12.5 Å². The lowest BCUT2D eigenvalue weighted by Crippen LogP contribution is -2.43. The molecule has 2 aromatic carbocycles. The third-order valence-corrected chi connectivity index (χ3v) is 5.02. The topological polar surface area (TPSA) is 92.0 Å². The number of guanidine groups is 1. The Balaban J connectivity index is 1.62. The molecule has 1 amide bonds. The van der Waals surface area contributed by atoms with E-state index in [1.54, 1.807) is 27.5 Å². The predicted octanol–water partition coefficient (Wildman–Crippen LogP) is 3.02. The summed E-state index contributed by atoms with van der Waals surface area (Å²) in [5.74, 6) is 1.89. The third kappa shape index (κ3) is 7.38. The first-order chi connectivity index (χ1) is 15.9. The SMILES string of the molecule is COc1ccc(CCNC(=NCc2coc(-c3ccc(C)cc3)n2)NCC(=O)N(C)C)cc1. The molecule has 0 aliphatic carbocycles. The zero-order valence-corrected chi connectivity index (χ0v) is 19.6. The number of ether oxygens (including phenoxy) is 1. The summed E-state index contributed by atoms with van der Waals surface area (Å²) in [5, 5.41) is 6.37. The molecule has 2 N–H and O–H groups in total. The van der Waals surface area contributed by atoms with Crippen molar-refractivity contribution in [1.29, 1.82) is 0 Å². The van der Waals surface area contributed by atoms with Gasteiger partial charge in [-0.3, -0.25) is 4.79 Å². The quantitative estimate of drug-likeness (QED) is 0.385. The molecule has 0 radical (unpaired) electrons. The molecule has 0 aliphatic heterocycles. The van der Waals surface area contributed by atoms with E-state index in [0.29, 0.717) is 30.6 Å². The average Bonchev–Trinajstić information content (AvgIpc) is 3.30. The summed E-state index contributed by atoms with van der Waals surface area (Å²) < 4.78 is 10.8. The number of aromatic nitrogens is 1. The fourth-order valence-corrected chi connectivity index (χ4v) is 2.98. The number of carbonyl (C=O) groups is 1. The highest BCUT2D eigenvalue weighted by Gasteiger charge is 2.09. The Hall–Kier alpha value is -3.81. The molecule has 8 heteroatoms. The monoisotopic (exact) mass is 449 g/mol. The van der Waals surface area contributed by atoms with E-state index < -0.39 is 0 Å². The maximum absolute atomic E-state index is 12.0. The lowest BCUT2D eigenvalue weighted by atomic mass is 10.1. The molecule has 3 aromatic rings. The highest BCUT2D eigenvalue weighted by atomic mass is 16.5. The van der Waals surface area contributed by atoms with E-state index in [0.717, 1.165) is 17.7 Å². The van der Waals surface area contributed by atoms with Crippen LogP contribution in [-0.2, 0) is 17.8 Å². The Labute approximate surface area is 194 Å². The van der Waals surface area contributed by atoms with Crippen LogP contribution in [-0.4, -0.2) is 56.0 Å². The van der Waals surface area contributed by atoms with Gasteiger partial charge in [-0.2, -0.15) is 0 Å². The molecule has 33 heavy (non-hydrogen) atoms. The second-order valence-corrected chi connectivity index (χ2v) is 7.84. The lowest BCUT2D eigenvalue weighted by molar-refractivity contribution is -0.127. The Morgan fingerprint density at radius 2 is 1.82 bits per heavy atom. The van der Waals surface area contributed by atoms with Gasteiger partial charge in [-0.05, 0) is 43.2 Å². The molecule has 0 saturated heterocycles. The van der Waals surface area contributed by atoms with E-state index in [1.807, 2.05) is 55.5 Å². The minimum Gasteiger partial charge on any atom is -0.497 e. The van der Waals surface area contributed by atoms with Crippen LogP contribution in [0.3, 0.4) is 0 Å². The molecule has 0 aliphatic rings. The van der Waals surface area contributed by atoms with Gasteiger partial charge in [0.15, 0.2) is 5.96 Å². The predicted molar refractivity (Wildman–Crippen MR) is 129 cm³/mol. The number of hydrogen-bond acceptors (Lipinski definition) is 5. The molecular formula is C25H31N5O3. The maximum atomic E-state index is 12.0. The fraction of sp³-hybridized carbons (Fsp3) is 0.320. The van der Waals surface area contributed by atoms with Crippen LogP contribution in [0.1, 0.15) is 16.8 Å². The van der Waals surface area contributed by atoms with Crippen molar-refractivity contribution in [2.24, 2.45) is 4.99 Å². The number of amides is 1. The lowest BCUT2D eigenvalue weighted by Gasteiger charge is -2.15. The highest BCUT2D eigenvalue weighted by molar-refractivity contribution is 5.86. The van der Waals surface area contributed by atoms with E-state index in [1.165, 1.54) is 16.0 Å². The van der Waals surface area contributed by atoms with Gasteiger partial charge in [0.05, 0.1) is 20.2 Å². The Bertz CT molecular complexity index is 1060. The van der Waals surface area contributed by atoms with Gasteiger partial charge >= 0.3 is 0 Å². The van der Waals surface area contributed by atoms with E-state index in [4.69, 9.17) is 9.15 Å². The number of hydrogen-bond donors (Lipinski definition) is 2. The van der Waals surface area contributed by atoms with Crippen molar-refractivity contribution >= 4 is 11.9 Å². The van der Waals surface area contributed by atoms with Crippen LogP contribution in [0, 0.1) is 6.92 Å². The van der Waals surface area contributed by atoms with Crippen molar-refractivity contribution in [2.45, 2.75) is 19.9 Å². The molecule has 1 aromatic heterocycles. The number of aryl methyl sites for hydroxylation is 1. The van der Waals surface area contributed by atoms with Gasteiger partial charge in [-0.25, -0.2) is 9.98 Å². The number of benzene rings is 2. The molecule has 174 valence electrons. The Morgan fingerprint density at radius 3 is 2.48 bits per heavy atom. The van der Waals surface area contributed by atoms with Gasteiger partial charge in [-0.15, -0.1) is 0 Å². The number of likely N-dealkylation sites (N-methyl/N-ethyl adjacent to an activating group) is 1. The molecule has 1 heterocycles. The van der Waals surface area contributed by atoms with Crippen molar-refractivity contribution in [3.8, 4) is 17.2 Å². The van der Waals surface area contributed by atoms with Gasteiger partial charge < -0.3 is 24.7 Å². The minimum atomic E-state index is -0.0391. The minimum absolute atomic E-state index is 0.0391. The average molecular weight is 450 g/mol. The maximum Gasteiger partial charge on any atom is 0.241 e. The number of carbonyl (C=O) groups excluding carboxylic acids is 1. The van der Waals surface area contributed by atoms with E-state index in [2.05, 4.69) is 20.6 Å². The van der Waals surface area contributed by atoms with Crippen molar-refractivity contribution in [1.82, 2.24) is 20.5 Å². The van der Waals surface area contributed by atoms with Crippen molar-refractivity contribution in [2.75, 3.05) is 34.3 Å². The summed E-state index contributed by atoms with van der Waals surface area (Å²) in [6, 6.07) is 15.9. The molecular weight excluding hydrogens is 418 g/mol. The summed E-state index contributed by atoms with van der Waals surface area (Å²) in [4.78, 5) is 22.7. The summed E-state index contributed by atoms with van der Waals surface area (Å²) in [5.41, 5.74) is 3.98. The number of aliphatic imine (C=N–C) groups is 1. The first kappa shape index (κ1) is 23.8.